The van der Waals surface area contributed by atoms with Gasteiger partial charge in [-0.1, -0.05) is 25.1 Å². The van der Waals surface area contributed by atoms with E-state index in [1.165, 1.54) is 0 Å². The maximum Gasteiger partial charge on any atom is 0.308 e. The molecule has 21 heavy (non-hydrogen) atoms. The molecule has 110 valence electrons. The minimum atomic E-state index is -0.924. The van der Waals surface area contributed by atoms with Crippen molar-refractivity contribution in [2.45, 2.75) is 13.3 Å². The highest BCUT2D eigenvalue weighted by atomic mass is 16.4. The molecule has 1 amide bonds. The molecule has 1 aromatic heterocycles. The summed E-state index contributed by atoms with van der Waals surface area (Å²) >= 11 is 0. The quantitative estimate of drug-likeness (QED) is 0.837. The molecular weight excluding hydrogens is 270 g/mol. The van der Waals surface area contributed by atoms with E-state index in [-0.39, 0.29) is 18.9 Å². The Morgan fingerprint density at radius 2 is 2.05 bits per heavy atom. The van der Waals surface area contributed by atoms with E-state index >= 15 is 0 Å². The summed E-state index contributed by atoms with van der Waals surface area (Å²) in [6.07, 6.45) is 3.60. The molecule has 0 radical (unpaired) electrons. The van der Waals surface area contributed by atoms with E-state index < -0.39 is 11.9 Å². The van der Waals surface area contributed by atoms with Crippen LogP contribution in [0.1, 0.15) is 12.5 Å². The van der Waals surface area contributed by atoms with E-state index in [2.05, 4.69) is 10.4 Å². The third kappa shape index (κ3) is 4.17. The van der Waals surface area contributed by atoms with Crippen molar-refractivity contribution >= 4 is 11.9 Å². The Hall–Kier alpha value is -2.63. The molecule has 0 saturated heterocycles. The van der Waals surface area contributed by atoms with Crippen LogP contribution in [0.3, 0.4) is 0 Å². The first-order valence-electron chi connectivity index (χ1n) is 6.64. The van der Waals surface area contributed by atoms with Gasteiger partial charge in [-0.05, 0) is 17.7 Å². The number of hydrogen-bond acceptors (Lipinski definition) is 3. The number of para-hydroxylation sites is 1. The maximum atomic E-state index is 11.7. The molecule has 0 aliphatic carbocycles. The van der Waals surface area contributed by atoms with Gasteiger partial charge in [0.05, 0.1) is 24.2 Å². The van der Waals surface area contributed by atoms with Crippen LogP contribution in [0.2, 0.25) is 0 Å². The molecule has 0 aliphatic heterocycles. The van der Waals surface area contributed by atoms with E-state index in [4.69, 9.17) is 5.11 Å². The van der Waals surface area contributed by atoms with Crippen LogP contribution in [0, 0.1) is 5.92 Å². The molecule has 1 heterocycles. The zero-order valence-electron chi connectivity index (χ0n) is 11.7. The number of carbonyl (C=O) groups is 2. The molecule has 2 rings (SSSR count). The second-order valence-corrected chi connectivity index (χ2v) is 4.85. The highest BCUT2D eigenvalue weighted by molar-refractivity contribution is 5.79. The van der Waals surface area contributed by atoms with E-state index in [0.29, 0.717) is 0 Å². The number of carbonyl (C=O) groups excluding carboxylic acids is 1. The number of nitrogens with zero attached hydrogens (tertiary/aromatic N) is 2. The van der Waals surface area contributed by atoms with Crippen LogP contribution < -0.4 is 5.32 Å². The summed E-state index contributed by atoms with van der Waals surface area (Å²) < 4.78 is 1.70. The lowest BCUT2D eigenvalue weighted by Gasteiger charge is -2.07. The van der Waals surface area contributed by atoms with Gasteiger partial charge in [-0.25, -0.2) is 4.68 Å². The normalized spacial score (nSPS) is 11.9. The van der Waals surface area contributed by atoms with E-state index in [1.807, 2.05) is 30.3 Å². The second kappa shape index (κ2) is 6.69. The number of amides is 1. The second-order valence-electron chi connectivity index (χ2n) is 4.85. The van der Waals surface area contributed by atoms with Gasteiger partial charge in [0.15, 0.2) is 0 Å². The number of carboxylic acid groups (broad SMARTS) is 1. The zero-order chi connectivity index (χ0) is 15.2. The Morgan fingerprint density at radius 1 is 1.33 bits per heavy atom. The molecule has 0 aliphatic rings. The van der Waals surface area contributed by atoms with Gasteiger partial charge < -0.3 is 10.4 Å². The first-order valence-corrected chi connectivity index (χ1v) is 6.64. The maximum absolute atomic E-state index is 11.7. The van der Waals surface area contributed by atoms with Crippen LogP contribution in [0.4, 0.5) is 0 Å². The first kappa shape index (κ1) is 14.8. The molecule has 1 unspecified atom stereocenters. The highest BCUT2D eigenvalue weighted by Gasteiger charge is 2.13. The van der Waals surface area contributed by atoms with Gasteiger partial charge in [0.1, 0.15) is 0 Å². The summed E-state index contributed by atoms with van der Waals surface area (Å²) in [4.78, 5) is 22.4. The van der Waals surface area contributed by atoms with Gasteiger partial charge in [0.2, 0.25) is 5.91 Å². The van der Waals surface area contributed by atoms with Crippen molar-refractivity contribution in [3.63, 3.8) is 0 Å². The summed E-state index contributed by atoms with van der Waals surface area (Å²) in [5.74, 6) is -1.73. The molecule has 6 nitrogen and oxygen atoms in total. The van der Waals surface area contributed by atoms with E-state index in [9.17, 15) is 9.59 Å². The molecule has 0 fully saturated rings. The Bertz CT molecular complexity index is 622. The minimum absolute atomic E-state index is 0.126. The van der Waals surface area contributed by atoms with Crippen LogP contribution >= 0.6 is 0 Å². The zero-order valence-corrected chi connectivity index (χ0v) is 11.7. The van der Waals surface area contributed by atoms with Gasteiger partial charge in [0, 0.05) is 12.7 Å². The van der Waals surface area contributed by atoms with Crippen molar-refractivity contribution in [3.8, 4) is 5.69 Å². The number of aromatic nitrogens is 2. The number of benzene rings is 1. The summed E-state index contributed by atoms with van der Waals surface area (Å²) in [7, 11) is 0. The summed E-state index contributed by atoms with van der Waals surface area (Å²) in [5.41, 5.74) is 1.70. The van der Waals surface area contributed by atoms with Crippen molar-refractivity contribution in [2.24, 2.45) is 5.92 Å². The average Bonchev–Trinajstić information content (AvgIpc) is 2.94. The fourth-order valence-corrected chi connectivity index (χ4v) is 1.78. The summed E-state index contributed by atoms with van der Waals surface area (Å²) in [6.45, 7) is 1.68. The molecule has 6 heteroatoms. The van der Waals surface area contributed by atoms with Crippen molar-refractivity contribution in [3.05, 3.63) is 48.3 Å². The lowest BCUT2D eigenvalue weighted by Crippen LogP contribution is -2.32. The molecule has 1 aromatic carbocycles. The van der Waals surface area contributed by atoms with Gasteiger partial charge in [0.25, 0.3) is 0 Å². The monoisotopic (exact) mass is 287 g/mol. The summed E-state index contributed by atoms with van der Waals surface area (Å²) in [5, 5.41) is 15.6. The molecule has 0 saturated carbocycles. The number of hydrogen-bond donors (Lipinski definition) is 2. The van der Waals surface area contributed by atoms with E-state index in [0.717, 1.165) is 11.3 Å². The van der Waals surface area contributed by atoms with Gasteiger partial charge >= 0.3 is 5.97 Å². The molecular formula is C15H17N3O3. The van der Waals surface area contributed by atoms with Crippen LogP contribution in [0.5, 0.6) is 0 Å². The lowest BCUT2D eigenvalue weighted by molar-refractivity contribution is -0.141. The van der Waals surface area contributed by atoms with E-state index in [1.54, 1.807) is 24.0 Å². The SMILES string of the molecule is CC(CNC(=O)Cc1cnn(-c2ccccc2)c1)C(=O)O. The van der Waals surface area contributed by atoms with Crippen LogP contribution in [-0.4, -0.2) is 33.3 Å². The van der Waals surface area contributed by atoms with Gasteiger partial charge in [-0.15, -0.1) is 0 Å². The third-order valence-corrected chi connectivity index (χ3v) is 3.05. The van der Waals surface area contributed by atoms with Crippen molar-refractivity contribution in [2.75, 3.05) is 6.54 Å². The van der Waals surface area contributed by atoms with Crippen molar-refractivity contribution in [1.29, 1.82) is 0 Å². The molecule has 0 bridgehead atoms. The molecule has 0 spiro atoms. The number of carboxylic acids is 1. The Morgan fingerprint density at radius 3 is 2.71 bits per heavy atom. The van der Waals surface area contributed by atoms with Crippen LogP contribution in [-0.2, 0) is 16.0 Å². The standard InChI is InChI=1S/C15H17N3O3/c1-11(15(20)21)8-16-14(19)7-12-9-17-18(10-12)13-5-3-2-4-6-13/h2-6,9-11H,7-8H2,1H3,(H,16,19)(H,20,21). The minimum Gasteiger partial charge on any atom is -0.481 e. The Balaban J connectivity index is 1.91. The molecule has 1 atom stereocenters. The van der Waals surface area contributed by atoms with Gasteiger partial charge in [-0.3, -0.25) is 9.59 Å². The fourth-order valence-electron chi connectivity index (χ4n) is 1.78. The number of aliphatic carboxylic acids is 1. The largest absolute Gasteiger partial charge is 0.481 e. The molecule has 2 N–H and O–H groups in total. The van der Waals surface area contributed by atoms with Crippen LogP contribution in [0.25, 0.3) is 5.69 Å². The number of rotatable bonds is 6. The van der Waals surface area contributed by atoms with Crippen molar-refractivity contribution in [1.82, 2.24) is 15.1 Å². The number of nitrogens with one attached hydrogen (secondary N) is 1. The predicted molar refractivity (Wildman–Crippen MR) is 77.1 cm³/mol. The lowest BCUT2D eigenvalue weighted by atomic mass is 10.2. The third-order valence-electron chi connectivity index (χ3n) is 3.05. The Kier molecular flexibility index (Phi) is 4.71. The fraction of sp³-hybridized carbons (Fsp3) is 0.267. The Labute approximate surface area is 122 Å². The average molecular weight is 287 g/mol. The summed E-state index contributed by atoms with van der Waals surface area (Å²) in [6, 6.07) is 9.59. The molecule has 2 aromatic rings. The van der Waals surface area contributed by atoms with Gasteiger partial charge in [-0.2, -0.15) is 5.10 Å². The smallest absolute Gasteiger partial charge is 0.308 e. The van der Waals surface area contributed by atoms with Crippen molar-refractivity contribution < 1.29 is 14.7 Å². The topological polar surface area (TPSA) is 84.2 Å². The predicted octanol–water partition coefficient (Wildman–Crippen LogP) is 1.25. The first-order chi connectivity index (χ1) is 10.1. The van der Waals surface area contributed by atoms with Crippen LogP contribution in [0.15, 0.2) is 42.7 Å². The highest BCUT2D eigenvalue weighted by Crippen LogP contribution is 2.08.